The molecular formula is C51H66F2N6O4Si. The molecule has 1 N–H and O–H groups in total. The molecule has 0 saturated carbocycles. The van der Waals surface area contributed by atoms with E-state index in [1.807, 2.05) is 11.0 Å². The zero-order valence-corrected chi connectivity index (χ0v) is 40.2. The number of hydrogen-bond acceptors (Lipinski definition) is 10. The van der Waals surface area contributed by atoms with Crippen molar-refractivity contribution in [3.05, 3.63) is 83.6 Å². The first kappa shape index (κ1) is 47.3. The molecule has 2 aromatic heterocycles. The molecule has 2 aliphatic rings. The van der Waals surface area contributed by atoms with Crippen LogP contribution in [0.15, 0.2) is 60.8 Å². The normalized spacial score (nSPS) is 18.3. The Labute approximate surface area is 379 Å². The van der Waals surface area contributed by atoms with Gasteiger partial charge in [-0.2, -0.15) is 9.97 Å². The summed E-state index contributed by atoms with van der Waals surface area (Å²) in [6, 6.07) is 17.2. The first-order valence-corrected chi connectivity index (χ1v) is 25.2. The van der Waals surface area contributed by atoms with Gasteiger partial charge in [-0.25, -0.2) is 8.78 Å². The predicted molar refractivity (Wildman–Crippen MR) is 256 cm³/mol. The van der Waals surface area contributed by atoms with Crippen LogP contribution in [0.1, 0.15) is 79.4 Å². The quantitative estimate of drug-likeness (QED) is 0.0622. The Morgan fingerprint density at radius 3 is 2.25 bits per heavy atom. The average Bonchev–Trinajstić information content (AvgIpc) is 3.26. The molecule has 13 heteroatoms. The van der Waals surface area contributed by atoms with Crippen LogP contribution in [0.4, 0.5) is 14.6 Å². The van der Waals surface area contributed by atoms with Gasteiger partial charge in [0.05, 0.1) is 23.2 Å². The van der Waals surface area contributed by atoms with E-state index in [1.54, 1.807) is 31.3 Å². The second-order valence-electron chi connectivity index (χ2n) is 19.2. The van der Waals surface area contributed by atoms with Crippen molar-refractivity contribution in [1.82, 2.24) is 24.8 Å². The van der Waals surface area contributed by atoms with Gasteiger partial charge in [-0.15, -0.1) is 5.54 Å². The van der Waals surface area contributed by atoms with Crippen molar-refractivity contribution in [2.75, 3.05) is 71.2 Å². The highest BCUT2D eigenvalue weighted by Crippen LogP contribution is 2.43. The van der Waals surface area contributed by atoms with Crippen LogP contribution >= 0.6 is 0 Å². The molecule has 64 heavy (non-hydrogen) atoms. The topological polar surface area (TPSA) is 96.3 Å². The van der Waals surface area contributed by atoms with Crippen LogP contribution in [-0.2, 0) is 11.3 Å². The summed E-state index contributed by atoms with van der Waals surface area (Å²) < 4.78 is 51.5. The molecule has 10 nitrogen and oxygen atoms in total. The second kappa shape index (κ2) is 20.2. The van der Waals surface area contributed by atoms with Crippen molar-refractivity contribution >= 4 is 35.6 Å². The van der Waals surface area contributed by atoms with Crippen LogP contribution in [0.3, 0.4) is 0 Å². The van der Waals surface area contributed by atoms with E-state index in [-0.39, 0.29) is 35.5 Å². The fraction of sp³-hybridized carbons (Fsp3) is 0.510. The zero-order valence-electron chi connectivity index (χ0n) is 39.2. The SMILES string of the molecule is COCOc1cc(-c2ncc3c(N4CCC[C@@](C)(O)C4)nc(OC[C@H](C)CN4CCN(Cc5ccccc5)CC4)nc3c2F)c2c(C#C[Si](C(C)C)(C(C)C)C(C)C)c(F)ccc2c1. The number of hydrogen-bond donors (Lipinski definition) is 1. The molecular weight excluding hydrogens is 827 g/mol. The maximum Gasteiger partial charge on any atom is 0.319 e. The number of β-amino-alcohol motifs (C(OH)–C–C–N with tert-alkyl or cyclic N) is 1. The Bertz CT molecular complexity index is 2450. The molecule has 2 aliphatic heterocycles. The first-order chi connectivity index (χ1) is 30.6. The van der Waals surface area contributed by atoms with Gasteiger partial charge in [-0.1, -0.05) is 90.8 Å². The van der Waals surface area contributed by atoms with Gasteiger partial charge in [-0.05, 0) is 65.5 Å². The van der Waals surface area contributed by atoms with Gasteiger partial charge in [0.2, 0.25) is 0 Å². The maximum atomic E-state index is 17.7. The fourth-order valence-electron chi connectivity index (χ4n) is 10.1. The molecule has 3 aromatic carbocycles. The minimum atomic E-state index is -2.29. The van der Waals surface area contributed by atoms with Crippen LogP contribution in [0.5, 0.6) is 11.8 Å². The number of methoxy groups -OCH3 is 1. The molecule has 0 spiro atoms. The maximum absolute atomic E-state index is 17.7. The standard InChI is InChI=1S/C51H66F2N6O4Si/c1-34(2)64(35(3)4,36(5)6)25-18-41-44(52)17-16-39-26-40(63-33-61-9)27-42(45(39)41)47-46(53)48-43(28-54-47)49(59-20-13-19-51(8,60)32-59)56-50(55-48)62-31-37(7)29-57-21-23-58(24-22-57)30-38-14-11-10-12-15-38/h10-12,14-17,26-28,34-37,60H,13,19-24,29-33H2,1-9H3/t37-,51-/m1/s1. The molecule has 0 bridgehead atoms. The van der Waals surface area contributed by atoms with Crippen LogP contribution < -0.4 is 14.4 Å². The van der Waals surface area contributed by atoms with Crippen LogP contribution in [0.2, 0.25) is 16.6 Å². The highest BCUT2D eigenvalue weighted by Gasteiger charge is 2.42. The minimum Gasteiger partial charge on any atom is -0.468 e. The van der Waals surface area contributed by atoms with E-state index in [4.69, 9.17) is 29.2 Å². The summed E-state index contributed by atoms with van der Waals surface area (Å²) in [5.74, 6) is 3.13. The van der Waals surface area contributed by atoms with Crippen LogP contribution in [-0.4, -0.2) is 110 Å². The molecule has 0 radical (unpaired) electrons. The minimum absolute atomic E-state index is 0.0173. The lowest BCUT2D eigenvalue weighted by Gasteiger charge is -2.38. The molecule has 2 saturated heterocycles. The van der Waals surface area contributed by atoms with Crippen molar-refractivity contribution in [3.63, 3.8) is 0 Å². The molecule has 5 aromatic rings. The van der Waals surface area contributed by atoms with E-state index in [0.717, 1.165) is 45.7 Å². The Morgan fingerprint density at radius 2 is 1.58 bits per heavy atom. The van der Waals surface area contributed by atoms with Gasteiger partial charge in [0.15, 0.2) is 12.6 Å². The molecule has 2 atom stereocenters. The van der Waals surface area contributed by atoms with E-state index in [0.29, 0.717) is 76.0 Å². The van der Waals surface area contributed by atoms with E-state index in [1.165, 1.54) is 18.7 Å². The number of ether oxygens (including phenoxy) is 3. The second-order valence-corrected chi connectivity index (χ2v) is 24.8. The number of fused-ring (bicyclic) bond motifs is 2. The van der Waals surface area contributed by atoms with Gasteiger partial charge in [0.25, 0.3) is 0 Å². The lowest BCUT2D eigenvalue weighted by atomic mass is 9.94. The Hall–Kier alpha value is -4.71. The molecule has 7 rings (SSSR count). The molecule has 0 aliphatic carbocycles. The molecule has 342 valence electrons. The van der Waals surface area contributed by atoms with Crippen molar-refractivity contribution in [3.8, 4) is 34.5 Å². The monoisotopic (exact) mass is 892 g/mol. The van der Waals surface area contributed by atoms with Gasteiger partial charge in [-0.3, -0.25) is 9.88 Å². The summed E-state index contributed by atoms with van der Waals surface area (Å²) in [6.07, 6.45) is 2.93. The summed E-state index contributed by atoms with van der Waals surface area (Å²) in [6.45, 7) is 24.1. The number of nitrogens with zero attached hydrogens (tertiary/aromatic N) is 6. The van der Waals surface area contributed by atoms with Crippen molar-refractivity contribution < 1.29 is 28.1 Å². The Morgan fingerprint density at radius 1 is 0.875 bits per heavy atom. The van der Waals surface area contributed by atoms with E-state index >= 15 is 8.78 Å². The summed E-state index contributed by atoms with van der Waals surface area (Å²) in [5.41, 5.74) is 5.51. The number of rotatable bonds is 15. The number of piperidine rings is 1. The molecule has 4 heterocycles. The molecule has 0 unspecified atom stereocenters. The Balaban J connectivity index is 1.27. The lowest BCUT2D eigenvalue weighted by molar-refractivity contribution is 0.0447. The number of halogens is 2. The predicted octanol–water partition coefficient (Wildman–Crippen LogP) is 9.86. The van der Waals surface area contributed by atoms with Crippen molar-refractivity contribution in [2.24, 2.45) is 5.92 Å². The fourth-order valence-corrected chi connectivity index (χ4v) is 15.3. The summed E-state index contributed by atoms with van der Waals surface area (Å²) >= 11 is 0. The summed E-state index contributed by atoms with van der Waals surface area (Å²) in [4.78, 5) is 21.3. The summed E-state index contributed by atoms with van der Waals surface area (Å²) in [7, 11) is -0.769. The molecule has 0 amide bonds. The third kappa shape index (κ3) is 10.4. The van der Waals surface area contributed by atoms with Crippen LogP contribution in [0.25, 0.3) is 32.9 Å². The van der Waals surface area contributed by atoms with E-state index in [2.05, 4.69) is 94.0 Å². The number of pyridine rings is 1. The lowest BCUT2D eigenvalue weighted by Crippen LogP contribution is -2.47. The average molecular weight is 893 g/mol. The van der Waals surface area contributed by atoms with Gasteiger partial charge in [0, 0.05) is 82.5 Å². The summed E-state index contributed by atoms with van der Waals surface area (Å²) in [5, 5.41) is 12.6. The number of benzene rings is 3. The first-order valence-electron chi connectivity index (χ1n) is 23.0. The van der Waals surface area contributed by atoms with Gasteiger partial charge >= 0.3 is 6.01 Å². The highest BCUT2D eigenvalue weighted by atomic mass is 28.3. The zero-order chi connectivity index (χ0) is 45.8. The Kier molecular flexibility index (Phi) is 14.9. The molecule has 2 fully saturated rings. The number of piperazine rings is 1. The highest BCUT2D eigenvalue weighted by molar-refractivity contribution is 6.90. The largest absolute Gasteiger partial charge is 0.468 e. The number of aliphatic hydroxyl groups is 1. The third-order valence-corrected chi connectivity index (χ3v) is 19.6. The third-order valence-electron chi connectivity index (χ3n) is 13.3. The number of anilines is 1. The van der Waals surface area contributed by atoms with Gasteiger partial charge in [0.1, 0.15) is 36.7 Å². The van der Waals surface area contributed by atoms with E-state index < -0.39 is 25.3 Å². The smallest absolute Gasteiger partial charge is 0.319 e. The number of aromatic nitrogens is 3. The van der Waals surface area contributed by atoms with Gasteiger partial charge < -0.3 is 29.1 Å². The van der Waals surface area contributed by atoms with Crippen LogP contribution in [0, 0.1) is 29.0 Å². The van der Waals surface area contributed by atoms with E-state index in [9.17, 15) is 5.11 Å². The van der Waals surface area contributed by atoms with Crippen molar-refractivity contribution in [1.29, 1.82) is 0 Å². The van der Waals surface area contributed by atoms with Crippen molar-refractivity contribution in [2.45, 2.75) is 97.0 Å².